The van der Waals surface area contributed by atoms with E-state index in [4.69, 9.17) is 0 Å². The predicted molar refractivity (Wildman–Crippen MR) is 66.0 cm³/mol. The van der Waals surface area contributed by atoms with E-state index in [1.165, 1.54) is 18.5 Å². The molecule has 0 atom stereocenters. The Hall–Kier alpha value is -2.17. The monoisotopic (exact) mass is 232 g/mol. The van der Waals surface area contributed by atoms with Crippen molar-refractivity contribution >= 4 is 17.3 Å². The highest BCUT2D eigenvalue weighted by atomic mass is 19.1. The SMILES string of the molecule is CN(C)c1cc(Nc2cccc(F)c2)ncn1. The Morgan fingerprint density at radius 1 is 1.18 bits per heavy atom. The normalized spacial score (nSPS) is 10.1. The van der Waals surface area contributed by atoms with Crippen LogP contribution in [0.1, 0.15) is 0 Å². The van der Waals surface area contributed by atoms with Gasteiger partial charge in [0.1, 0.15) is 23.8 Å². The number of nitrogens with zero attached hydrogens (tertiary/aromatic N) is 3. The van der Waals surface area contributed by atoms with E-state index in [1.54, 1.807) is 18.2 Å². The number of rotatable bonds is 3. The van der Waals surface area contributed by atoms with Gasteiger partial charge in [0.2, 0.25) is 0 Å². The first kappa shape index (κ1) is 11.3. The molecule has 2 aromatic rings. The quantitative estimate of drug-likeness (QED) is 0.882. The van der Waals surface area contributed by atoms with Gasteiger partial charge in [0.05, 0.1) is 0 Å². The Kier molecular flexibility index (Phi) is 3.18. The summed E-state index contributed by atoms with van der Waals surface area (Å²) in [6.07, 6.45) is 1.47. The molecular weight excluding hydrogens is 219 g/mol. The minimum Gasteiger partial charge on any atom is -0.363 e. The molecule has 0 saturated heterocycles. The Bertz CT molecular complexity index is 513. The molecule has 0 bridgehead atoms. The van der Waals surface area contributed by atoms with Crippen molar-refractivity contribution in [1.82, 2.24) is 9.97 Å². The van der Waals surface area contributed by atoms with Gasteiger partial charge in [-0.05, 0) is 18.2 Å². The molecule has 1 N–H and O–H groups in total. The van der Waals surface area contributed by atoms with Crippen LogP contribution in [0.15, 0.2) is 36.7 Å². The van der Waals surface area contributed by atoms with Crippen LogP contribution in [0.2, 0.25) is 0 Å². The van der Waals surface area contributed by atoms with Gasteiger partial charge in [-0.15, -0.1) is 0 Å². The lowest BCUT2D eigenvalue weighted by molar-refractivity contribution is 0.628. The molecule has 5 heteroatoms. The van der Waals surface area contributed by atoms with Crippen molar-refractivity contribution < 1.29 is 4.39 Å². The molecule has 1 aromatic heterocycles. The first-order valence-electron chi connectivity index (χ1n) is 5.17. The lowest BCUT2D eigenvalue weighted by Gasteiger charge is -2.12. The van der Waals surface area contributed by atoms with E-state index in [1.807, 2.05) is 19.0 Å². The Labute approximate surface area is 99.1 Å². The van der Waals surface area contributed by atoms with Gasteiger partial charge in [-0.3, -0.25) is 0 Å². The molecule has 2 rings (SSSR count). The fourth-order valence-corrected chi connectivity index (χ4v) is 1.37. The van der Waals surface area contributed by atoms with Crippen LogP contribution in [-0.2, 0) is 0 Å². The Morgan fingerprint density at radius 3 is 2.71 bits per heavy atom. The first-order chi connectivity index (χ1) is 8.15. The van der Waals surface area contributed by atoms with E-state index in [0.717, 1.165) is 5.82 Å². The second-order valence-electron chi connectivity index (χ2n) is 3.79. The third kappa shape index (κ3) is 2.90. The van der Waals surface area contributed by atoms with Gasteiger partial charge in [-0.2, -0.15) is 0 Å². The van der Waals surface area contributed by atoms with Crippen LogP contribution in [0.3, 0.4) is 0 Å². The minimum absolute atomic E-state index is 0.281. The van der Waals surface area contributed by atoms with E-state index in [-0.39, 0.29) is 5.82 Å². The highest BCUT2D eigenvalue weighted by Gasteiger charge is 2.01. The molecule has 0 aliphatic heterocycles. The Morgan fingerprint density at radius 2 is 2.00 bits per heavy atom. The van der Waals surface area contributed by atoms with Crippen molar-refractivity contribution in [3.63, 3.8) is 0 Å². The van der Waals surface area contributed by atoms with Gasteiger partial charge in [-0.25, -0.2) is 14.4 Å². The average Bonchev–Trinajstić information content (AvgIpc) is 2.29. The molecule has 1 aromatic carbocycles. The van der Waals surface area contributed by atoms with Crippen LogP contribution in [0.4, 0.5) is 21.7 Å². The number of hydrogen-bond acceptors (Lipinski definition) is 4. The van der Waals surface area contributed by atoms with Crippen molar-refractivity contribution in [2.24, 2.45) is 0 Å². The zero-order valence-electron chi connectivity index (χ0n) is 9.68. The van der Waals surface area contributed by atoms with Crippen molar-refractivity contribution in [2.75, 3.05) is 24.3 Å². The summed E-state index contributed by atoms with van der Waals surface area (Å²) in [5, 5.41) is 3.02. The second-order valence-corrected chi connectivity index (χ2v) is 3.79. The van der Waals surface area contributed by atoms with Crippen LogP contribution >= 0.6 is 0 Å². The number of benzene rings is 1. The standard InChI is InChI=1S/C12H13FN4/c1-17(2)12-7-11(14-8-15-12)16-10-5-3-4-9(13)6-10/h3-8H,1-2H3,(H,14,15,16). The highest BCUT2D eigenvalue weighted by molar-refractivity contribution is 5.58. The number of aromatic nitrogens is 2. The van der Waals surface area contributed by atoms with Gasteiger partial charge in [-0.1, -0.05) is 6.07 Å². The van der Waals surface area contributed by atoms with Gasteiger partial charge < -0.3 is 10.2 Å². The lowest BCUT2D eigenvalue weighted by Crippen LogP contribution is -2.11. The largest absolute Gasteiger partial charge is 0.363 e. The Balaban J connectivity index is 2.21. The van der Waals surface area contributed by atoms with Gasteiger partial charge in [0, 0.05) is 25.8 Å². The molecule has 0 fully saturated rings. The summed E-state index contributed by atoms with van der Waals surface area (Å²) in [6.45, 7) is 0. The van der Waals surface area contributed by atoms with Gasteiger partial charge in [0.15, 0.2) is 0 Å². The molecule has 0 unspecified atom stereocenters. The predicted octanol–water partition coefficient (Wildman–Crippen LogP) is 2.43. The number of anilines is 3. The maximum Gasteiger partial charge on any atom is 0.135 e. The molecule has 0 aliphatic carbocycles. The summed E-state index contributed by atoms with van der Waals surface area (Å²) in [4.78, 5) is 10.0. The summed E-state index contributed by atoms with van der Waals surface area (Å²) in [6, 6.07) is 8.03. The first-order valence-corrected chi connectivity index (χ1v) is 5.17. The molecule has 0 saturated carbocycles. The topological polar surface area (TPSA) is 41.0 Å². The third-order valence-corrected chi connectivity index (χ3v) is 2.21. The molecule has 88 valence electrons. The van der Waals surface area contributed by atoms with E-state index in [9.17, 15) is 4.39 Å². The van der Waals surface area contributed by atoms with Gasteiger partial charge >= 0.3 is 0 Å². The molecule has 0 radical (unpaired) electrons. The molecule has 0 spiro atoms. The number of nitrogens with one attached hydrogen (secondary N) is 1. The van der Waals surface area contributed by atoms with E-state index in [2.05, 4.69) is 15.3 Å². The van der Waals surface area contributed by atoms with Crippen molar-refractivity contribution in [3.8, 4) is 0 Å². The smallest absolute Gasteiger partial charge is 0.135 e. The summed E-state index contributed by atoms with van der Waals surface area (Å²) in [5.41, 5.74) is 0.661. The van der Waals surface area contributed by atoms with Crippen LogP contribution in [0.25, 0.3) is 0 Å². The zero-order chi connectivity index (χ0) is 12.3. The van der Waals surface area contributed by atoms with Crippen LogP contribution in [-0.4, -0.2) is 24.1 Å². The van der Waals surface area contributed by atoms with E-state index < -0.39 is 0 Å². The third-order valence-electron chi connectivity index (χ3n) is 2.21. The average molecular weight is 232 g/mol. The summed E-state index contributed by atoms with van der Waals surface area (Å²) >= 11 is 0. The summed E-state index contributed by atoms with van der Waals surface area (Å²) in [5.74, 6) is 1.14. The minimum atomic E-state index is -0.281. The zero-order valence-corrected chi connectivity index (χ0v) is 9.68. The molecule has 17 heavy (non-hydrogen) atoms. The summed E-state index contributed by atoms with van der Waals surface area (Å²) < 4.78 is 13.0. The molecule has 4 nitrogen and oxygen atoms in total. The number of halogens is 1. The second kappa shape index (κ2) is 4.78. The van der Waals surface area contributed by atoms with Gasteiger partial charge in [0.25, 0.3) is 0 Å². The van der Waals surface area contributed by atoms with Crippen LogP contribution in [0, 0.1) is 5.82 Å². The van der Waals surface area contributed by atoms with E-state index in [0.29, 0.717) is 11.5 Å². The maximum absolute atomic E-state index is 13.0. The maximum atomic E-state index is 13.0. The van der Waals surface area contributed by atoms with Crippen molar-refractivity contribution in [2.45, 2.75) is 0 Å². The van der Waals surface area contributed by atoms with E-state index >= 15 is 0 Å². The van der Waals surface area contributed by atoms with Crippen molar-refractivity contribution in [1.29, 1.82) is 0 Å². The van der Waals surface area contributed by atoms with Crippen LogP contribution in [0.5, 0.6) is 0 Å². The highest BCUT2D eigenvalue weighted by Crippen LogP contribution is 2.17. The number of hydrogen-bond donors (Lipinski definition) is 1. The molecule has 0 amide bonds. The fraction of sp³-hybridized carbons (Fsp3) is 0.167. The molecular formula is C12H13FN4. The summed E-state index contributed by atoms with van der Waals surface area (Å²) in [7, 11) is 3.79. The lowest BCUT2D eigenvalue weighted by atomic mass is 10.3. The molecule has 1 heterocycles. The molecule has 0 aliphatic rings. The van der Waals surface area contributed by atoms with Crippen molar-refractivity contribution in [3.05, 3.63) is 42.5 Å². The van der Waals surface area contributed by atoms with Crippen LogP contribution < -0.4 is 10.2 Å². The fourth-order valence-electron chi connectivity index (χ4n) is 1.37.